The molecule has 3 aromatic rings. The smallest absolute Gasteiger partial charge is 0.220 e. The van der Waals surface area contributed by atoms with Gasteiger partial charge in [0.1, 0.15) is 12.4 Å². The van der Waals surface area contributed by atoms with E-state index >= 15 is 0 Å². The number of hydrogen-bond donors (Lipinski definition) is 2. The summed E-state index contributed by atoms with van der Waals surface area (Å²) in [7, 11) is 0. The van der Waals surface area contributed by atoms with Crippen molar-refractivity contribution in [2.45, 2.75) is 26.0 Å². The van der Waals surface area contributed by atoms with Crippen LogP contribution < -0.4 is 10.1 Å². The molecule has 0 atom stereocenters. The number of amides is 1. The van der Waals surface area contributed by atoms with Crippen molar-refractivity contribution >= 4 is 39.7 Å². The molecule has 2 aromatic heterocycles. The Labute approximate surface area is 154 Å². The number of fused-ring (bicyclic) bond motifs is 1. The standard InChI is InChI=1S/C18H18ClN3O2S/c1-2-3-4-18(23)20-8-13-5-12-6-15(19)17(7-16(12)22-13)24-9-14-10-25-11-21-14/h2,5-7,10-11,22H,1,3-4,8-9H2,(H,20,23). The highest BCUT2D eigenvalue weighted by molar-refractivity contribution is 7.07. The molecule has 2 heterocycles. The fourth-order valence-electron chi connectivity index (χ4n) is 2.37. The van der Waals surface area contributed by atoms with Crippen LogP contribution in [0.15, 0.2) is 41.7 Å². The summed E-state index contributed by atoms with van der Waals surface area (Å²) in [6.07, 6.45) is 2.86. The van der Waals surface area contributed by atoms with Crippen LogP contribution in [0.1, 0.15) is 24.2 Å². The van der Waals surface area contributed by atoms with E-state index in [-0.39, 0.29) is 5.91 Å². The largest absolute Gasteiger partial charge is 0.486 e. The van der Waals surface area contributed by atoms with Crippen molar-refractivity contribution in [2.24, 2.45) is 0 Å². The van der Waals surface area contributed by atoms with Gasteiger partial charge in [0.2, 0.25) is 5.91 Å². The van der Waals surface area contributed by atoms with Crippen LogP contribution in [0.5, 0.6) is 5.75 Å². The number of ether oxygens (including phenoxy) is 1. The van der Waals surface area contributed by atoms with Crippen molar-refractivity contribution in [1.29, 1.82) is 0 Å². The summed E-state index contributed by atoms with van der Waals surface area (Å²) in [5, 5.41) is 6.34. The van der Waals surface area contributed by atoms with Gasteiger partial charge >= 0.3 is 0 Å². The molecule has 25 heavy (non-hydrogen) atoms. The second-order valence-electron chi connectivity index (χ2n) is 5.54. The van der Waals surface area contributed by atoms with E-state index in [9.17, 15) is 4.79 Å². The number of nitrogens with zero attached hydrogens (tertiary/aromatic N) is 1. The first-order valence-corrected chi connectivity index (χ1v) is 9.16. The van der Waals surface area contributed by atoms with Crippen molar-refractivity contribution in [1.82, 2.24) is 15.3 Å². The Balaban J connectivity index is 1.67. The molecular weight excluding hydrogens is 358 g/mol. The summed E-state index contributed by atoms with van der Waals surface area (Å²) in [6.45, 7) is 4.43. The molecule has 1 amide bonds. The van der Waals surface area contributed by atoms with Crippen molar-refractivity contribution in [3.05, 3.63) is 58.2 Å². The minimum Gasteiger partial charge on any atom is -0.486 e. The Bertz CT molecular complexity index is 874. The lowest BCUT2D eigenvalue weighted by Gasteiger charge is -2.06. The highest BCUT2D eigenvalue weighted by atomic mass is 35.5. The molecule has 0 saturated heterocycles. The van der Waals surface area contributed by atoms with Gasteiger partial charge in [-0.1, -0.05) is 17.7 Å². The van der Waals surface area contributed by atoms with Crippen LogP contribution in [0.25, 0.3) is 10.9 Å². The molecule has 0 aliphatic heterocycles. The molecule has 0 aliphatic carbocycles. The molecule has 7 heteroatoms. The summed E-state index contributed by atoms with van der Waals surface area (Å²) in [5.74, 6) is 0.606. The third-order valence-electron chi connectivity index (χ3n) is 3.64. The van der Waals surface area contributed by atoms with Crippen molar-refractivity contribution in [2.75, 3.05) is 0 Å². The van der Waals surface area contributed by atoms with Gasteiger partial charge in [0.15, 0.2) is 0 Å². The molecule has 5 nitrogen and oxygen atoms in total. The van der Waals surface area contributed by atoms with Crippen LogP contribution in [-0.2, 0) is 17.9 Å². The summed E-state index contributed by atoms with van der Waals surface area (Å²) in [5.41, 5.74) is 4.46. The van der Waals surface area contributed by atoms with Gasteiger partial charge < -0.3 is 15.0 Å². The second kappa shape index (κ2) is 8.18. The first-order valence-electron chi connectivity index (χ1n) is 7.84. The predicted octanol–water partition coefficient (Wildman–Crippen LogP) is 4.44. The maximum atomic E-state index is 11.7. The SMILES string of the molecule is C=CCCC(=O)NCc1cc2cc(Cl)c(OCc3cscn3)cc2[nH]1. The molecule has 0 radical (unpaired) electrons. The lowest BCUT2D eigenvalue weighted by atomic mass is 10.2. The Morgan fingerprint density at radius 3 is 3.08 bits per heavy atom. The van der Waals surface area contributed by atoms with Gasteiger partial charge in [-0.15, -0.1) is 17.9 Å². The minimum atomic E-state index is 0.00359. The molecule has 0 fully saturated rings. The van der Waals surface area contributed by atoms with Crippen LogP contribution in [-0.4, -0.2) is 15.9 Å². The monoisotopic (exact) mass is 375 g/mol. The van der Waals surface area contributed by atoms with Gasteiger partial charge in [-0.3, -0.25) is 4.79 Å². The number of H-pyrrole nitrogens is 1. The first-order chi connectivity index (χ1) is 12.2. The van der Waals surface area contributed by atoms with E-state index in [0.29, 0.717) is 36.8 Å². The molecule has 0 unspecified atom stereocenters. The molecule has 130 valence electrons. The van der Waals surface area contributed by atoms with Crippen LogP contribution >= 0.6 is 22.9 Å². The van der Waals surface area contributed by atoms with Crippen molar-refractivity contribution in [3.8, 4) is 5.75 Å². The van der Waals surface area contributed by atoms with Gasteiger partial charge in [-0.05, 0) is 18.6 Å². The highest BCUT2D eigenvalue weighted by Crippen LogP contribution is 2.31. The molecule has 2 N–H and O–H groups in total. The first kappa shape index (κ1) is 17.5. The topological polar surface area (TPSA) is 67.0 Å². The number of rotatable bonds is 8. The van der Waals surface area contributed by atoms with E-state index in [1.807, 2.05) is 23.6 Å². The van der Waals surface area contributed by atoms with Gasteiger partial charge in [0.25, 0.3) is 0 Å². The van der Waals surface area contributed by atoms with E-state index in [2.05, 4.69) is 21.9 Å². The van der Waals surface area contributed by atoms with E-state index in [0.717, 1.165) is 22.3 Å². The normalized spacial score (nSPS) is 10.8. The number of aromatic nitrogens is 2. The fourth-order valence-corrected chi connectivity index (χ4v) is 3.14. The zero-order chi connectivity index (χ0) is 17.6. The molecule has 0 spiro atoms. The third-order valence-corrected chi connectivity index (χ3v) is 4.57. The molecule has 0 bridgehead atoms. The number of allylic oxidation sites excluding steroid dienone is 1. The van der Waals surface area contributed by atoms with E-state index in [1.54, 1.807) is 11.6 Å². The minimum absolute atomic E-state index is 0.00359. The lowest BCUT2D eigenvalue weighted by Crippen LogP contribution is -2.22. The molecule has 0 saturated carbocycles. The predicted molar refractivity (Wildman–Crippen MR) is 101 cm³/mol. The maximum Gasteiger partial charge on any atom is 0.220 e. The lowest BCUT2D eigenvalue weighted by molar-refractivity contribution is -0.121. The number of nitrogens with one attached hydrogen (secondary N) is 2. The summed E-state index contributed by atoms with van der Waals surface area (Å²) in [6, 6.07) is 5.69. The number of aromatic amines is 1. The van der Waals surface area contributed by atoms with E-state index < -0.39 is 0 Å². The van der Waals surface area contributed by atoms with E-state index in [4.69, 9.17) is 16.3 Å². The molecule has 1 aromatic carbocycles. The molecule has 0 aliphatic rings. The van der Waals surface area contributed by atoms with Crippen LogP contribution in [0.4, 0.5) is 0 Å². The van der Waals surface area contributed by atoms with Gasteiger partial charge in [0.05, 0.1) is 22.8 Å². The van der Waals surface area contributed by atoms with Crippen molar-refractivity contribution < 1.29 is 9.53 Å². The third kappa shape index (κ3) is 4.61. The number of halogens is 1. The van der Waals surface area contributed by atoms with Crippen LogP contribution in [0.2, 0.25) is 5.02 Å². The van der Waals surface area contributed by atoms with Crippen LogP contribution in [0, 0.1) is 0 Å². The average Bonchev–Trinajstić information content (AvgIpc) is 3.25. The average molecular weight is 376 g/mol. The van der Waals surface area contributed by atoms with Gasteiger partial charge in [-0.25, -0.2) is 4.98 Å². The summed E-state index contributed by atoms with van der Waals surface area (Å²) >= 11 is 7.83. The summed E-state index contributed by atoms with van der Waals surface area (Å²) < 4.78 is 5.75. The zero-order valence-corrected chi connectivity index (χ0v) is 15.1. The molecule has 3 rings (SSSR count). The molecular formula is C18H18ClN3O2S. The van der Waals surface area contributed by atoms with Crippen molar-refractivity contribution in [3.63, 3.8) is 0 Å². The van der Waals surface area contributed by atoms with E-state index in [1.165, 1.54) is 11.3 Å². The second-order valence-corrected chi connectivity index (χ2v) is 6.66. The summed E-state index contributed by atoms with van der Waals surface area (Å²) in [4.78, 5) is 19.1. The number of carbonyl (C=O) groups excluding carboxylic acids is 1. The fraction of sp³-hybridized carbons (Fsp3) is 0.222. The Morgan fingerprint density at radius 1 is 1.44 bits per heavy atom. The Morgan fingerprint density at radius 2 is 2.32 bits per heavy atom. The Hall–Kier alpha value is -2.31. The highest BCUT2D eigenvalue weighted by Gasteiger charge is 2.09. The number of hydrogen-bond acceptors (Lipinski definition) is 4. The maximum absolute atomic E-state index is 11.7. The number of thiazole rings is 1. The number of carbonyl (C=O) groups is 1. The van der Waals surface area contributed by atoms with Crippen LogP contribution in [0.3, 0.4) is 0 Å². The quantitative estimate of drug-likeness (QED) is 0.572. The zero-order valence-electron chi connectivity index (χ0n) is 13.5. The van der Waals surface area contributed by atoms with Gasteiger partial charge in [-0.2, -0.15) is 0 Å². The van der Waals surface area contributed by atoms with Gasteiger partial charge in [0, 0.05) is 34.5 Å². The Kier molecular flexibility index (Phi) is 5.73. The number of benzene rings is 1.